The summed E-state index contributed by atoms with van der Waals surface area (Å²) in [4.78, 5) is 22.5. The van der Waals surface area contributed by atoms with Gasteiger partial charge in [0.05, 0.1) is 6.08 Å². The van der Waals surface area contributed by atoms with Gasteiger partial charge in [0.25, 0.3) is 5.91 Å². The number of rotatable bonds is 2. The highest BCUT2D eigenvalue weighted by atomic mass is 16.2. The Balaban J connectivity index is 2.85. The maximum absolute atomic E-state index is 11.2. The molecule has 0 saturated heterocycles. The number of likely N-dealkylation sites (N-methyl/N-ethyl adjacent to an activating group) is 1. The molecule has 0 unspecified atom stereocenters. The van der Waals surface area contributed by atoms with Gasteiger partial charge in [-0.15, -0.1) is 0 Å². The van der Waals surface area contributed by atoms with E-state index in [-0.39, 0.29) is 5.91 Å². The van der Waals surface area contributed by atoms with E-state index in [1.165, 1.54) is 10.8 Å². The zero-order valence-electron chi connectivity index (χ0n) is 7.23. The van der Waals surface area contributed by atoms with Gasteiger partial charge in [-0.2, -0.15) is 0 Å². The van der Waals surface area contributed by atoms with E-state index in [9.17, 15) is 9.59 Å². The van der Waals surface area contributed by atoms with Crippen LogP contribution in [0.5, 0.6) is 0 Å². The van der Waals surface area contributed by atoms with Crippen LogP contribution in [0, 0.1) is 0 Å². The predicted octanol–water partition coefficient (Wildman–Crippen LogP) is 1.04. The average molecular weight is 175 g/mol. The molecule has 3 heteroatoms. The molecule has 1 aromatic rings. The van der Waals surface area contributed by atoms with E-state index in [0.29, 0.717) is 0 Å². The van der Waals surface area contributed by atoms with Crippen molar-refractivity contribution in [2.24, 2.45) is 0 Å². The quantitative estimate of drug-likeness (QED) is 0.497. The highest BCUT2D eigenvalue weighted by molar-refractivity contribution is 6.05. The monoisotopic (exact) mass is 175 g/mol. The van der Waals surface area contributed by atoms with E-state index in [1.807, 2.05) is 18.2 Å². The lowest BCUT2D eigenvalue weighted by molar-refractivity contribution is -0.113. The summed E-state index contributed by atoms with van der Waals surface area (Å²) in [7, 11) is 1.60. The molecule has 66 valence electrons. The fourth-order valence-corrected chi connectivity index (χ4v) is 0.926. The minimum atomic E-state index is -0.374. The molecule has 0 atom stereocenters. The van der Waals surface area contributed by atoms with Gasteiger partial charge in [-0.1, -0.05) is 18.2 Å². The normalized spacial score (nSPS) is 8.69. The second-order valence-electron chi connectivity index (χ2n) is 2.49. The molecule has 1 rings (SSSR count). The van der Waals surface area contributed by atoms with Gasteiger partial charge < -0.3 is 4.90 Å². The molecular formula is C10H9NO2. The number of hydrogen-bond donors (Lipinski definition) is 0. The first-order valence-electron chi connectivity index (χ1n) is 3.79. The van der Waals surface area contributed by atoms with Gasteiger partial charge in [-0.25, -0.2) is 4.79 Å². The summed E-state index contributed by atoms with van der Waals surface area (Å²) in [5.41, 5.74) is 0.749. The average Bonchev–Trinajstić information content (AvgIpc) is 2.18. The van der Waals surface area contributed by atoms with Gasteiger partial charge in [0.15, 0.2) is 0 Å². The van der Waals surface area contributed by atoms with E-state index in [0.717, 1.165) is 11.8 Å². The minimum absolute atomic E-state index is 0.374. The van der Waals surface area contributed by atoms with Gasteiger partial charge in [0, 0.05) is 12.7 Å². The maximum Gasteiger partial charge on any atom is 0.261 e. The molecule has 0 radical (unpaired) electrons. The van der Waals surface area contributed by atoms with E-state index in [1.54, 1.807) is 19.2 Å². The Labute approximate surface area is 76.3 Å². The van der Waals surface area contributed by atoms with Crippen LogP contribution < -0.4 is 4.90 Å². The molecule has 0 N–H and O–H groups in total. The molecule has 3 nitrogen and oxygen atoms in total. The van der Waals surface area contributed by atoms with Crippen LogP contribution in [0.1, 0.15) is 0 Å². The second kappa shape index (κ2) is 4.24. The van der Waals surface area contributed by atoms with Crippen LogP contribution in [0.3, 0.4) is 0 Å². The van der Waals surface area contributed by atoms with Crippen LogP contribution in [-0.4, -0.2) is 18.9 Å². The number of hydrogen-bond acceptors (Lipinski definition) is 2. The van der Waals surface area contributed by atoms with Crippen molar-refractivity contribution in [1.29, 1.82) is 0 Å². The Kier molecular flexibility index (Phi) is 3.01. The summed E-state index contributed by atoms with van der Waals surface area (Å²) in [6.45, 7) is 0. The number of benzene rings is 1. The lowest BCUT2D eigenvalue weighted by atomic mass is 10.3. The van der Waals surface area contributed by atoms with E-state index in [4.69, 9.17) is 0 Å². The third-order valence-corrected chi connectivity index (χ3v) is 1.66. The van der Waals surface area contributed by atoms with Gasteiger partial charge in [-0.05, 0) is 12.1 Å². The summed E-state index contributed by atoms with van der Waals surface area (Å²) in [5.74, 6) is 1.08. The summed E-state index contributed by atoms with van der Waals surface area (Å²) in [5, 5.41) is 0. The molecule has 0 fully saturated rings. The number of para-hydroxylation sites is 1. The molecular weight excluding hydrogens is 166 g/mol. The Morgan fingerprint density at radius 2 is 2.00 bits per heavy atom. The largest absolute Gasteiger partial charge is 0.311 e. The molecule has 0 bridgehead atoms. The molecule has 0 aliphatic carbocycles. The van der Waals surface area contributed by atoms with Crippen LogP contribution in [-0.2, 0) is 9.59 Å². The Bertz CT molecular complexity index is 339. The highest BCUT2D eigenvalue weighted by Gasteiger charge is 2.06. The Hall–Kier alpha value is -1.86. The number of carbonyl (C=O) groups is 1. The molecule has 13 heavy (non-hydrogen) atoms. The molecule has 1 aromatic carbocycles. The molecule has 1 amide bonds. The van der Waals surface area contributed by atoms with Crippen molar-refractivity contribution in [3.63, 3.8) is 0 Å². The van der Waals surface area contributed by atoms with Gasteiger partial charge in [-0.3, -0.25) is 4.79 Å². The van der Waals surface area contributed by atoms with Gasteiger partial charge in [0.2, 0.25) is 0 Å². The third-order valence-electron chi connectivity index (χ3n) is 1.66. The van der Waals surface area contributed by atoms with Crippen molar-refractivity contribution in [3.8, 4) is 0 Å². The van der Waals surface area contributed by atoms with Crippen LogP contribution in [0.4, 0.5) is 5.69 Å². The Morgan fingerprint density at radius 3 is 2.54 bits per heavy atom. The van der Waals surface area contributed by atoms with Crippen LogP contribution in [0.2, 0.25) is 0 Å². The molecule has 0 aliphatic heterocycles. The molecule has 0 heterocycles. The van der Waals surface area contributed by atoms with Gasteiger partial charge in [0.1, 0.15) is 5.94 Å². The molecule has 0 aromatic heterocycles. The zero-order chi connectivity index (χ0) is 9.68. The summed E-state index contributed by atoms with van der Waals surface area (Å²) >= 11 is 0. The van der Waals surface area contributed by atoms with Gasteiger partial charge >= 0.3 is 0 Å². The standard InChI is InChI=1S/C10H9NO2/c1-11(10(13)7-8-12)9-5-3-2-4-6-9/h2-7H,1H3. The second-order valence-corrected chi connectivity index (χ2v) is 2.49. The SMILES string of the molecule is CN(C(=O)C=C=O)c1ccccc1. The first-order valence-corrected chi connectivity index (χ1v) is 3.79. The number of nitrogens with zero attached hydrogens (tertiary/aromatic N) is 1. The van der Waals surface area contributed by atoms with E-state index < -0.39 is 0 Å². The molecule has 0 spiro atoms. The van der Waals surface area contributed by atoms with Crippen molar-refractivity contribution < 1.29 is 9.59 Å². The highest BCUT2D eigenvalue weighted by Crippen LogP contribution is 2.10. The number of anilines is 1. The van der Waals surface area contributed by atoms with Crippen molar-refractivity contribution in [2.45, 2.75) is 0 Å². The van der Waals surface area contributed by atoms with Crippen molar-refractivity contribution in [2.75, 3.05) is 11.9 Å². The minimum Gasteiger partial charge on any atom is -0.311 e. The first kappa shape index (κ1) is 9.23. The maximum atomic E-state index is 11.2. The van der Waals surface area contributed by atoms with Crippen molar-refractivity contribution >= 4 is 17.5 Å². The van der Waals surface area contributed by atoms with E-state index in [2.05, 4.69) is 0 Å². The number of carbonyl (C=O) groups excluding carboxylic acids is 2. The van der Waals surface area contributed by atoms with Crippen molar-refractivity contribution in [3.05, 3.63) is 36.4 Å². The fourth-order valence-electron chi connectivity index (χ4n) is 0.926. The molecule has 0 saturated carbocycles. The zero-order valence-corrected chi connectivity index (χ0v) is 7.23. The van der Waals surface area contributed by atoms with E-state index >= 15 is 0 Å². The fraction of sp³-hybridized carbons (Fsp3) is 0.100. The third kappa shape index (κ3) is 2.29. The summed E-state index contributed by atoms with van der Waals surface area (Å²) in [6.07, 6.45) is 0.868. The lowest BCUT2D eigenvalue weighted by Crippen LogP contribution is -2.23. The molecule has 0 aliphatic rings. The first-order chi connectivity index (χ1) is 6.25. The summed E-state index contributed by atoms with van der Waals surface area (Å²) in [6, 6.07) is 9.08. The topological polar surface area (TPSA) is 37.4 Å². The van der Waals surface area contributed by atoms with Crippen molar-refractivity contribution in [1.82, 2.24) is 0 Å². The predicted molar refractivity (Wildman–Crippen MR) is 50.1 cm³/mol. The van der Waals surface area contributed by atoms with Crippen LogP contribution in [0.25, 0.3) is 0 Å². The van der Waals surface area contributed by atoms with Crippen LogP contribution in [0.15, 0.2) is 36.4 Å². The summed E-state index contributed by atoms with van der Waals surface area (Å²) < 4.78 is 0. The van der Waals surface area contributed by atoms with Crippen LogP contribution >= 0.6 is 0 Å². The lowest BCUT2D eigenvalue weighted by Gasteiger charge is -2.13. The number of amides is 1. The Morgan fingerprint density at radius 1 is 1.38 bits per heavy atom. The smallest absolute Gasteiger partial charge is 0.261 e.